The van der Waals surface area contributed by atoms with Crippen LogP contribution >= 0.6 is 0 Å². The van der Waals surface area contributed by atoms with Gasteiger partial charge in [0.15, 0.2) is 0 Å². The summed E-state index contributed by atoms with van der Waals surface area (Å²) in [6.45, 7) is 2.78. The Labute approximate surface area is 111 Å². The minimum atomic E-state index is 0.176. The minimum absolute atomic E-state index is 0.176. The van der Waals surface area contributed by atoms with Crippen molar-refractivity contribution in [3.63, 3.8) is 0 Å². The fourth-order valence-electron chi connectivity index (χ4n) is 3.24. The van der Waals surface area contributed by atoms with E-state index in [1.54, 1.807) is 0 Å². The normalized spacial score (nSPS) is 22.6. The van der Waals surface area contributed by atoms with Crippen molar-refractivity contribution in [2.45, 2.75) is 64.2 Å². The zero-order chi connectivity index (χ0) is 12.6. The molecular formula is C15H28N2O. The van der Waals surface area contributed by atoms with Gasteiger partial charge in [-0.2, -0.15) is 0 Å². The summed E-state index contributed by atoms with van der Waals surface area (Å²) in [7, 11) is 0. The average molecular weight is 252 g/mol. The second kappa shape index (κ2) is 7.65. The Hall–Kier alpha value is -0.730. The summed E-state index contributed by atoms with van der Waals surface area (Å²) < 4.78 is 0. The largest absolute Gasteiger partial charge is 0.338 e. The molecule has 18 heavy (non-hydrogen) atoms. The Balaban J connectivity index is 1.62. The van der Waals surface area contributed by atoms with Crippen molar-refractivity contribution in [2.24, 2.45) is 5.92 Å². The van der Waals surface area contributed by atoms with Crippen molar-refractivity contribution in [2.75, 3.05) is 19.6 Å². The minimum Gasteiger partial charge on any atom is -0.338 e. The molecule has 1 saturated heterocycles. The molecule has 0 unspecified atom stereocenters. The number of carbonyl (C=O) groups is 1. The molecule has 1 heterocycles. The summed E-state index contributed by atoms with van der Waals surface area (Å²) in [6, 6.07) is 0.176. The molecule has 2 rings (SSSR count). The summed E-state index contributed by atoms with van der Waals surface area (Å²) in [6.07, 6.45) is 13.0. The molecule has 0 aromatic heterocycles. The Morgan fingerprint density at radius 2 is 1.56 bits per heavy atom. The molecule has 104 valence electrons. The van der Waals surface area contributed by atoms with Gasteiger partial charge in [0, 0.05) is 19.6 Å². The van der Waals surface area contributed by atoms with Crippen molar-refractivity contribution in [3.8, 4) is 0 Å². The number of hydrogen-bond donors (Lipinski definition) is 1. The molecule has 1 aliphatic heterocycles. The van der Waals surface area contributed by atoms with Crippen LogP contribution in [0.15, 0.2) is 0 Å². The molecule has 0 bridgehead atoms. The monoisotopic (exact) mass is 252 g/mol. The molecule has 1 aliphatic carbocycles. The lowest BCUT2D eigenvalue weighted by Gasteiger charge is -2.25. The topological polar surface area (TPSA) is 32.3 Å². The van der Waals surface area contributed by atoms with E-state index >= 15 is 0 Å². The summed E-state index contributed by atoms with van der Waals surface area (Å²) in [5.74, 6) is 0.873. The van der Waals surface area contributed by atoms with Gasteiger partial charge in [0.25, 0.3) is 0 Å². The van der Waals surface area contributed by atoms with Crippen LogP contribution in [0.1, 0.15) is 64.2 Å². The third kappa shape index (κ3) is 4.51. The number of hydrogen-bond acceptors (Lipinski definition) is 1. The molecule has 0 atom stereocenters. The first-order chi connectivity index (χ1) is 8.86. The highest BCUT2D eigenvalue weighted by Gasteiger charge is 2.17. The van der Waals surface area contributed by atoms with Crippen LogP contribution in [0.5, 0.6) is 0 Å². The number of urea groups is 1. The van der Waals surface area contributed by atoms with E-state index in [1.807, 2.05) is 4.90 Å². The van der Waals surface area contributed by atoms with Crippen molar-refractivity contribution in [1.82, 2.24) is 10.2 Å². The number of carbonyl (C=O) groups excluding carboxylic acids is 1. The van der Waals surface area contributed by atoms with Crippen LogP contribution in [-0.2, 0) is 0 Å². The lowest BCUT2D eigenvalue weighted by molar-refractivity contribution is 0.191. The second-order valence-corrected chi connectivity index (χ2v) is 5.93. The third-order valence-electron chi connectivity index (χ3n) is 4.45. The fourth-order valence-corrected chi connectivity index (χ4v) is 3.24. The predicted octanol–water partition coefficient (Wildman–Crippen LogP) is 3.54. The van der Waals surface area contributed by atoms with E-state index in [1.165, 1.54) is 64.2 Å². The van der Waals surface area contributed by atoms with Gasteiger partial charge in [-0.15, -0.1) is 0 Å². The molecule has 3 nitrogen and oxygen atoms in total. The highest BCUT2D eigenvalue weighted by molar-refractivity contribution is 5.74. The number of nitrogens with one attached hydrogen (secondary N) is 1. The summed E-state index contributed by atoms with van der Waals surface area (Å²) in [4.78, 5) is 14.1. The third-order valence-corrected chi connectivity index (χ3v) is 4.45. The second-order valence-electron chi connectivity index (χ2n) is 5.93. The van der Waals surface area contributed by atoms with Crippen LogP contribution in [0.2, 0.25) is 0 Å². The standard InChI is InChI=1S/C15H28N2O/c18-15(16-11-10-14-8-4-5-9-14)17-12-6-2-1-3-7-13-17/h14H,1-13H2,(H,16,18). The number of amides is 2. The van der Waals surface area contributed by atoms with Gasteiger partial charge in [-0.25, -0.2) is 4.79 Å². The number of likely N-dealkylation sites (tertiary alicyclic amines) is 1. The Kier molecular flexibility index (Phi) is 5.82. The summed E-state index contributed by atoms with van der Waals surface area (Å²) >= 11 is 0. The van der Waals surface area contributed by atoms with Gasteiger partial charge < -0.3 is 10.2 Å². The van der Waals surface area contributed by atoms with Crippen LogP contribution < -0.4 is 5.32 Å². The van der Waals surface area contributed by atoms with Gasteiger partial charge in [-0.05, 0) is 25.2 Å². The molecule has 3 heteroatoms. The van der Waals surface area contributed by atoms with E-state index in [-0.39, 0.29) is 6.03 Å². The molecule has 0 spiro atoms. The smallest absolute Gasteiger partial charge is 0.317 e. The maximum atomic E-state index is 12.1. The van der Waals surface area contributed by atoms with E-state index in [9.17, 15) is 4.79 Å². The van der Waals surface area contributed by atoms with Crippen molar-refractivity contribution < 1.29 is 4.79 Å². The zero-order valence-electron chi connectivity index (χ0n) is 11.6. The predicted molar refractivity (Wildman–Crippen MR) is 74.6 cm³/mol. The van der Waals surface area contributed by atoms with Crippen molar-refractivity contribution in [3.05, 3.63) is 0 Å². The fraction of sp³-hybridized carbons (Fsp3) is 0.933. The number of rotatable bonds is 3. The lowest BCUT2D eigenvalue weighted by Crippen LogP contribution is -2.42. The number of nitrogens with zero attached hydrogens (tertiary/aromatic N) is 1. The summed E-state index contributed by atoms with van der Waals surface area (Å²) in [5, 5.41) is 3.11. The van der Waals surface area contributed by atoms with E-state index < -0.39 is 0 Å². The van der Waals surface area contributed by atoms with Gasteiger partial charge >= 0.3 is 6.03 Å². The van der Waals surface area contributed by atoms with Crippen molar-refractivity contribution in [1.29, 1.82) is 0 Å². The van der Waals surface area contributed by atoms with Crippen LogP contribution in [0.25, 0.3) is 0 Å². The zero-order valence-corrected chi connectivity index (χ0v) is 11.6. The molecular weight excluding hydrogens is 224 g/mol. The maximum Gasteiger partial charge on any atom is 0.317 e. The average Bonchev–Trinajstić information content (AvgIpc) is 2.81. The molecule has 0 aromatic carbocycles. The molecule has 2 amide bonds. The summed E-state index contributed by atoms with van der Waals surface area (Å²) in [5.41, 5.74) is 0. The Morgan fingerprint density at radius 3 is 2.22 bits per heavy atom. The lowest BCUT2D eigenvalue weighted by atomic mass is 10.0. The molecule has 1 N–H and O–H groups in total. The van der Waals surface area contributed by atoms with Crippen LogP contribution in [0, 0.1) is 5.92 Å². The van der Waals surface area contributed by atoms with E-state index in [4.69, 9.17) is 0 Å². The molecule has 1 saturated carbocycles. The first kappa shape index (κ1) is 13.7. The van der Waals surface area contributed by atoms with E-state index in [0.717, 1.165) is 25.6 Å². The first-order valence-corrected chi connectivity index (χ1v) is 7.89. The molecule has 0 aromatic rings. The molecule has 2 aliphatic rings. The van der Waals surface area contributed by atoms with E-state index in [0.29, 0.717) is 0 Å². The van der Waals surface area contributed by atoms with Crippen molar-refractivity contribution >= 4 is 6.03 Å². The van der Waals surface area contributed by atoms with Gasteiger partial charge in [-0.1, -0.05) is 44.9 Å². The van der Waals surface area contributed by atoms with Gasteiger partial charge in [0.1, 0.15) is 0 Å². The van der Waals surface area contributed by atoms with E-state index in [2.05, 4.69) is 5.32 Å². The first-order valence-electron chi connectivity index (χ1n) is 7.89. The SMILES string of the molecule is O=C(NCCC1CCCC1)N1CCCCCCC1. The highest BCUT2D eigenvalue weighted by Crippen LogP contribution is 2.26. The van der Waals surface area contributed by atoms with Crippen LogP contribution in [0.3, 0.4) is 0 Å². The Morgan fingerprint density at radius 1 is 0.944 bits per heavy atom. The highest BCUT2D eigenvalue weighted by atomic mass is 16.2. The van der Waals surface area contributed by atoms with Gasteiger partial charge in [0.05, 0.1) is 0 Å². The maximum absolute atomic E-state index is 12.1. The Bertz CT molecular complexity index is 241. The molecule has 0 radical (unpaired) electrons. The quantitative estimate of drug-likeness (QED) is 0.818. The van der Waals surface area contributed by atoms with Crippen LogP contribution in [0.4, 0.5) is 4.79 Å². The van der Waals surface area contributed by atoms with Gasteiger partial charge in [-0.3, -0.25) is 0 Å². The van der Waals surface area contributed by atoms with Gasteiger partial charge in [0.2, 0.25) is 0 Å². The van der Waals surface area contributed by atoms with Crippen LogP contribution in [-0.4, -0.2) is 30.6 Å². The molecule has 2 fully saturated rings.